The number of hydrogen-bond acceptors (Lipinski definition) is 3. The zero-order valence-corrected chi connectivity index (χ0v) is 10.4. The molecule has 0 spiro atoms. The minimum Gasteiger partial charge on any atom is -0.348 e. The summed E-state index contributed by atoms with van der Waals surface area (Å²) in [5.74, 6) is 0.323. The van der Waals surface area contributed by atoms with Gasteiger partial charge in [-0.3, -0.25) is 0 Å². The first-order chi connectivity index (χ1) is 6.49. The highest BCUT2D eigenvalue weighted by Gasteiger charge is 2.28. The van der Waals surface area contributed by atoms with Gasteiger partial charge in [0.15, 0.2) is 0 Å². The maximum absolute atomic E-state index is 13.0. The molecule has 0 unspecified atom stereocenters. The monoisotopic (exact) mass is 265 g/mol. The van der Waals surface area contributed by atoms with Gasteiger partial charge >= 0.3 is 0 Å². The highest BCUT2D eigenvalue weighted by molar-refractivity contribution is 9.18. The molecule has 1 nitrogen and oxygen atoms in total. The molecule has 14 heavy (non-hydrogen) atoms. The van der Waals surface area contributed by atoms with E-state index in [1.54, 1.807) is 6.07 Å². The van der Waals surface area contributed by atoms with Crippen LogP contribution in [0, 0.1) is 5.82 Å². The maximum Gasteiger partial charge on any atom is 0.124 e. The Morgan fingerprint density at radius 1 is 1.43 bits per heavy atom. The van der Waals surface area contributed by atoms with Gasteiger partial charge in [0.2, 0.25) is 0 Å². The van der Waals surface area contributed by atoms with Crippen molar-refractivity contribution in [2.45, 2.75) is 4.90 Å². The molecule has 1 N–H and O–H groups in total. The van der Waals surface area contributed by atoms with E-state index >= 15 is 0 Å². The van der Waals surface area contributed by atoms with E-state index in [1.807, 2.05) is 0 Å². The third-order valence-electron chi connectivity index (χ3n) is 1.90. The summed E-state index contributed by atoms with van der Waals surface area (Å²) in [5.41, 5.74) is 0.822. The Hall–Kier alpha value is 0.0900. The summed E-state index contributed by atoms with van der Waals surface area (Å²) in [5, 5.41) is 3.03. The number of benzene rings is 1. The minimum absolute atomic E-state index is 0.265. The molecule has 0 aromatic heterocycles. The van der Waals surface area contributed by atoms with Crippen LogP contribution in [-0.4, -0.2) is 10.7 Å². The Morgan fingerprint density at radius 2 is 2.14 bits per heavy atom. The molecule has 0 aliphatic carbocycles. The first-order valence-corrected chi connectivity index (χ1v) is 8.16. The Balaban J connectivity index is 2.58. The lowest BCUT2D eigenvalue weighted by molar-refractivity contribution is 0.624. The smallest absolute Gasteiger partial charge is 0.124 e. The molecule has 1 aromatic carbocycles. The number of thiol groups is 2. The van der Waals surface area contributed by atoms with Gasteiger partial charge in [0.05, 0.1) is 10.7 Å². The van der Waals surface area contributed by atoms with Crippen molar-refractivity contribution in [3.63, 3.8) is 0 Å². The summed E-state index contributed by atoms with van der Waals surface area (Å²) in [6, 6.07) is 4.54. The molecule has 1 aromatic rings. The molecule has 0 bridgehead atoms. The highest BCUT2D eigenvalue weighted by Crippen LogP contribution is 2.67. The lowest BCUT2D eigenvalue weighted by Gasteiger charge is -2.35. The van der Waals surface area contributed by atoms with E-state index in [0.717, 1.165) is 10.6 Å². The summed E-state index contributed by atoms with van der Waals surface area (Å²) < 4.78 is 13.0. The average Bonchev–Trinajstić information content (AvgIpc) is 2.05. The van der Waals surface area contributed by atoms with Gasteiger partial charge in [-0.25, -0.2) is 4.39 Å². The number of thiocarbonyl (C=S) groups is 1. The van der Waals surface area contributed by atoms with Crippen molar-refractivity contribution in [1.82, 2.24) is 0 Å². The Labute approximate surface area is 98.4 Å². The van der Waals surface area contributed by atoms with Crippen LogP contribution in [0.5, 0.6) is 0 Å². The highest BCUT2D eigenvalue weighted by atomic mass is 33.5. The Kier molecular flexibility index (Phi) is 2.72. The molecular weight excluding hydrogens is 257 g/mol. The first-order valence-electron chi connectivity index (χ1n) is 3.84. The van der Waals surface area contributed by atoms with Crippen molar-refractivity contribution in [2.24, 2.45) is 0 Å². The van der Waals surface area contributed by atoms with Gasteiger partial charge in [-0.05, 0) is 18.2 Å². The number of hydrogen-bond donors (Lipinski definition) is 3. The normalized spacial score (nSPS) is 20.9. The molecule has 2 rings (SSSR count). The molecule has 0 atom stereocenters. The predicted molar refractivity (Wildman–Crippen MR) is 71.3 cm³/mol. The number of rotatable bonds is 0. The van der Waals surface area contributed by atoms with Gasteiger partial charge < -0.3 is 5.32 Å². The Bertz CT molecular complexity index is 404. The number of anilines is 1. The van der Waals surface area contributed by atoms with Crippen molar-refractivity contribution in [1.29, 1.82) is 0 Å². The maximum atomic E-state index is 13.0. The molecule has 0 fully saturated rings. The molecule has 1 aliphatic rings. The lowest BCUT2D eigenvalue weighted by Crippen LogP contribution is -2.21. The standard InChI is InChI=1S/C8H8FNS4/c9-5-1-2-6-7(3-5)14(12,13)4-8(11)10-6/h1-3,12-13H,4H2,(H,10,11). The van der Waals surface area contributed by atoms with E-state index in [1.165, 1.54) is 12.1 Å². The van der Waals surface area contributed by atoms with E-state index in [4.69, 9.17) is 12.2 Å². The van der Waals surface area contributed by atoms with Crippen LogP contribution in [-0.2, 0) is 0 Å². The molecule has 76 valence electrons. The van der Waals surface area contributed by atoms with Crippen LogP contribution < -0.4 is 5.32 Å². The van der Waals surface area contributed by atoms with E-state index in [-0.39, 0.29) is 5.82 Å². The van der Waals surface area contributed by atoms with Gasteiger partial charge in [-0.2, -0.15) is 0 Å². The van der Waals surface area contributed by atoms with E-state index < -0.39 is 8.09 Å². The van der Waals surface area contributed by atoms with Crippen molar-refractivity contribution in [2.75, 3.05) is 11.1 Å². The second-order valence-electron chi connectivity index (χ2n) is 3.00. The van der Waals surface area contributed by atoms with Gasteiger partial charge in [0.25, 0.3) is 0 Å². The second-order valence-corrected chi connectivity index (χ2v) is 10.2. The van der Waals surface area contributed by atoms with Crippen LogP contribution >= 0.6 is 43.6 Å². The van der Waals surface area contributed by atoms with Crippen LogP contribution in [0.3, 0.4) is 0 Å². The van der Waals surface area contributed by atoms with Crippen LogP contribution in [0.4, 0.5) is 10.1 Å². The van der Waals surface area contributed by atoms with E-state index in [2.05, 4.69) is 28.6 Å². The van der Waals surface area contributed by atoms with Crippen molar-refractivity contribution in [3.05, 3.63) is 24.0 Å². The summed E-state index contributed by atoms with van der Waals surface area (Å²) in [6.45, 7) is 0. The average molecular weight is 265 g/mol. The lowest BCUT2D eigenvalue weighted by atomic mass is 10.3. The van der Waals surface area contributed by atoms with Crippen molar-refractivity contribution >= 4 is 54.3 Å². The van der Waals surface area contributed by atoms with E-state index in [0.29, 0.717) is 10.7 Å². The molecule has 0 radical (unpaired) electrons. The molecule has 0 saturated heterocycles. The van der Waals surface area contributed by atoms with Gasteiger partial charge in [0.1, 0.15) is 5.82 Å². The second kappa shape index (κ2) is 3.59. The zero-order valence-electron chi connectivity index (χ0n) is 7.03. The molecule has 0 amide bonds. The largest absolute Gasteiger partial charge is 0.348 e. The molecule has 1 heterocycles. The minimum atomic E-state index is -1.57. The van der Waals surface area contributed by atoms with Gasteiger partial charge in [0, 0.05) is 10.6 Å². The Morgan fingerprint density at radius 3 is 2.86 bits per heavy atom. The fourth-order valence-corrected chi connectivity index (χ4v) is 5.53. The third-order valence-corrected chi connectivity index (χ3v) is 6.02. The number of fused-ring (bicyclic) bond motifs is 1. The summed E-state index contributed by atoms with van der Waals surface area (Å²) in [6.07, 6.45) is 0. The number of halogens is 1. The molecule has 0 saturated carbocycles. The number of nitrogens with one attached hydrogen (secondary N) is 1. The topological polar surface area (TPSA) is 12.0 Å². The fraction of sp³-hybridized carbons (Fsp3) is 0.125. The van der Waals surface area contributed by atoms with E-state index in [9.17, 15) is 4.39 Å². The van der Waals surface area contributed by atoms with Crippen LogP contribution in [0.15, 0.2) is 23.1 Å². The van der Waals surface area contributed by atoms with Gasteiger partial charge in [-0.1, -0.05) is 12.2 Å². The molecule has 1 aliphatic heterocycles. The third kappa shape index (κ3) is 1.88. The van der Waals surface area contributed by atoms with Gasteiger partial charge in [-0.15, -0.1) is 31.4 Å². The SMILES string of the molecule is Fc1ccc2c(c1)S(S)(S)CC(=S)N2. The quantitative estimate of drug-likeness (QED) is 0.377. The molecular formula is C8H8FNS4. The first kappa shape index (κ1) is 10.6. The van der Waals surface area contributed by atoms with Crippen LogP contribution in [0.25, 0.3) is 0 Å². The van der Waals surface area contributed by atoms with Crippen molar-refractivity contribution in [3.8, 4) is 0 Å². The van der Waals surface area contributed by atoms with Crippen LogP contribution in [0.1, 0.15) is 0 Å². The predicted octanol–water partition coefficient (Wildman–Crippen LogP) is 3.43. The fourth-order valence-electron chi connectivity index (χ4n) is 1.32. The van der Waals surface area contributed by atoms with Crippen molar-refractivity contribution < 1.29 is 4.39 Å². The summed E-state index contributed by atoms with van der Waals surface area (Å²) in [4.78, 5) is 1.53. The summed E-state index contributed by atoms with van der Waals surface area (Å²) >= 11 is 14.0. The van der Waals surface area contributed by atoms with Crippen LogP contribution in [0.2, 0.25) is 0 Å². The molecule has 6 heteroatoms. The summed E-state index contributed by atoms with van der Waals surface area (Å²) in [7, 11) is -1.57. The zero-order chi connectivity index (χ0) is 10.3.